The molecule has 110 valence electrons. The highest BCUT2D eigenvalue weighted by atomic mass is 16.5. The monoisotopic (exact) mass is 274 g/mol. The summed E-state index contributed by atoms with van der Waals surface area (Å²) in [6, 6.07) is 7.03. The molecule has 0 aromatic heterocycles. The number of hydrogen-bond donors (Lipinski definition) is 1. The lowest BCUT2D eigenvalue weighted by molar-refractivity contribution is -0.0286. The van der Waals surface area contributed by atoms with Crippen molar-refractivity contribution in [3.8, 4) is 0 Å². The van der Waals surface area contributed by atoms with Crippen LogP contribution in [0, 0.1) is 0 Å². The third-order valence-corrected chi connectivity index (χ3v) is 5.07. The molecule has 3 nitrogen and oxygen atoms in total. The molecule has 0 spiro atoms. The minimum absolute atomic E-state index is 0.0453. The molecule has 1 heterocycles. The van der Waals surface area contributed by atoms with Crippen molar-refractivity contribution in [2.24, 2.45) is 5.73 Å². The first-order valence-electron chi connectivity index (χ1n) is 7.95. The van der Waals surface area contributed by atoms with Gasteiger partial charge in [-0.15, -0.1) is 0 Å². The molecule has 2 aliphatic rings. The molecule has 1 unspecified atom stereocenters. The van der Waals surface area contributed by atoms with E-state index in [9.17, 15) is 0 Å². The zero-order valence-corrected chi connectivity index (χ0v) is 12.5. The van der Waals surface area contributed by atoms with Crippen LogP contribution in [0.4, 0.5) is 0 Å². The van der Waals surface area contributed by atoms with Crippen molar-refractivity contribution >= 4 is 0 Å². The van der Waals surface area contributed by atoms with Gasteiger partial charge in [-0.25, -0.2) is 0 Å². The maximum absolute atomic E-state index is 6.27. The van der Waals surface area contributed by atoms with E-state index in [1.165, 1.54) is 36.0 Å². The Morgan fingerprint density at radius 1 is 1.30 bits per heavy atom. The van der Waals surface area contributed by atoms with Gasteiger partial charge in [0.15, 0.2) is 0 Å². The second kappa shape index (κ2) is 5.84. The van der Waals surface area contributed by atoms with Crippen LogP contribution in [0.15, 0.2) is 18.2 Å². The van der Waals surface area contributed by atoms with E-state index >= 15 is 0 Å². The van der Waals surface area contributed by atoms with E-state index in [4.69, 9.17) is 10.5 Å². The molecule has 3 rings (SSSR count). The van der Waals surface area contributed by atoms with Crippen molar-refractivity contribution < 1.29 is 4.74 Å². The second-order valence-electron chi connectivity index (χ2n) is 6.03. The van der Waals surface area contributed by atoms with Gasteiger partial charge in [0.2, 0.25) is 0 Å². The largest absolute Gasteiger partial charge is 0.379 e. The number of aryl methyl sites for hydroxylation is 2. The lowest BCUT2D eigenvalue weighted by Gasteiger charge is -2.48. The van der Waals surface area contributed by atoms with E-state index in [2.05, 4.69) is 30.0 Å². The Kier molecular flexibility index (Phi) is 4.11. The summed E-state index contributed by atoms with van der Waals surface area (Å²) < 4.78 is 5.52. The number of ether oxygens (including phenoxy) is 1. The minimum atomic E-state index is 0.0453. The highest BCUT2D eigenvalue weighted by Crippen LogP contribution is 2.40. The fraction of sp³-hybridized carbons (Fsp3) is 0.647. The van der Waals surface area contributed by atoms with Gasteiger partial charge in [0.05, 0.1) is 18.8 Å². The Labute approximate surface area is 122 Å². The molecule has 1 atom stereocenters. The molecule has 1 aliphatic heterocycles. The number of nitrogens with two attached hydrogens (primary N) is 1. The van der Waals surface area contributed by atoms with E-state index in [0.29, 0.717) is 6.54 Å². The number of morpholine rings is 1. The van der Waals surface area contributed by atoms with Crippen LogP contribution in [0.3, 0.4) is 0 Å². The van der Waals surface area contributed by atoms with Gasteiger partial charge in [0.1, 0.15) is 0 Å². The zero-order valence-electron chi connectivity index (χ0n) is 12.5. The molecule has 1 aromatic carbocycles. The lowest BCUT2D eigenvalue weighted by atomic mass is 9.74. The van der Waals surface area contributed by atoms with Crippen LogP contribution in [-0.2, 0) is 23.1 Å². The minimum Gasteiger partial charge on any atom is -0.379 e. The Balaban J connectivity index is 2.00. The average Bonchev–Trinajstić information content (AvgIpc) is 2.54. The van der Waals surface area contributed by atoms with Crippen molar-refractivity contribution in [2.45, 2.75) is 38.1 Å². The van der Waals surface area contributed by atoms with E-state index in [-0.39, 0.29) is 5.54 Å². The van der Waals surface area contributed by atoms with Gasteiger partial charge in [-0.3, -0.25) is 4.90 Å². The summed E-state index contributed by atoms with van der Waals surface area (Å²) in [4.78, 5) is 2.57. The van der Waals surface area contributed by atoms with Gasteiger partial charge in [0, 0.05) is 19.6 Å². The predicted molar refractivity (Wildman–Crippen MR) is 81.9 cm³/mol. The fourth-order valence-corrected chi connectivity index (χ4v) is 3.89. The molecule has 2 N–H and O–H groups in total. The van der Waals surface area contributed by atoms with Crippen molar-refractivity contribution in [3.05, 3.63) is 34.9 Å². The van der Waals surface area contributed by atoms with Gasteiger partial charge < -0.3 is 10.5 Å². The van der Waals surface area contributed by atoms with Crippen molar-refractivity contribution in [3.63, 3.8) is 0 Å². The van der Waals surface area contributed by atoms with Crippen LogP contribution in [0.1, 0.15) is 36.5 Å². The van der Waals surface area contributed by atoms with Crippen LogP contribution in [0.2, 0.25) is 0 Å². The molecular weight excluding hydrogens is 248 g/mol. The molecular formula is C17H26N2O. The quantitative estimate of drug-likeness (QED) is 0.917. The summed E-state index contributed by atoms with van der Waals surface area (Å²) >= 11 is 0. The van der Waals surface area contributed by atoms with E-state index in [0.717, 1.165) is 32.7 Å². The molecule has 1 aromatic rings. The summed E-state index contributed by atoms with van der Waals surface area (Å²) in [5.74, 6) is 0. The molecule has 0 saturated carbocycles. The molecule has 1 aliphatic carbocycles. The average molecular weight is 274 g/mol. The molecule has 0 radical (unpaired) electrons. The molecule has 1 saturated heterocycles. The lowest BCUT2D eigenvalue weighted by Crippen LogP contribution is -2.56. The summed E-state index contributed by atoms with van der Waals surface area (Å²) in [5, 5.41) is 0. The van der Waals surface area contributed by atoms with Crippen LogP contribution >= 0.6 is 0 Å². The normalized spacial score (nSPS) is 27.3. The standard InChI is InChI=1S/C17H26N2O/c1-2-14-5-6-16-15(12-14)4-3-7-17(16,13-18)19-8-10-20-11-9-19/h5-6,12H,2-4,7-11,13,18H2,1H3. The molecule has 3 heteroatoms. The predicted octanol–water partition coefficient (Wildman–Crippen LogP) is 2.07. The smallest absolute Gasteiger partial charge is 0.0594 e. The SMILES string of the molecule is CCc1ccc2c(c1)CCCC2(CN)N1CCOCC1. The molecule has 20 heavy (non-hydrogen) atoms. The Morgan fingerprint density at radius 3 is 2.80 bits per heavy atom. The van der Waals surface area contributed by atoms with Crippen LogP contribution in [-0.4, -0.2) is 37.7 Å². The Hall–Kier alpha value is -0.900. The first-order valence-corrected chi connectivity index (χ1v) is 7.95. The Morgan fingerprint density at radius 2 is 2.10 bits per heavy atom. The third kappa shape index (κ3) is 2.28. The zero-order chi connectivity index (χ0) is 14.0. The van der Waals surface area contributed by atoms with E-state index in [1.54, 1.807) is 0 Å². The van der Waals surface area contributed by atoms with Crippen LogP contribution < -0.4 is 5.73 Å². The first kappa shape index (κ1) is 14.1. The Bertz CT molecular complexity index is 468. The first-order chi connectivity index (χ1) is 9.80. The number of hydrogen-bond acceptors (Lipinski definition) is 3. The molecule has 1 fully saturated rings. The van der Waals surface area contributed by atoms with Crippen molar-refractivity contribution in [2.75, 3.05) is 32.8 Å². The second-order valence-corrected chi connectivity index (χ2v) is 6.03. The van der Waals surface area contributed by atoms with E-state index < -0.39 is 0 Å². The van der Waals surface area contributed by atoms with Gasteiger partial charge in [0.25, 0.3) is 0 Å². The van der Waals surface area contributed by atoms with Crippen LogP contribution in [0.5, 0.6) is 0 Å². The van der Waals surface area contributed by atoms with Gasteiger partial charge in [-0.1, -0.05) is 25.1 Å². The highest BCUT2D eigenvalue weighted by molar-refractivity contribution is 5.40. The van der Waals surface area contributed by atoms with Gasteiger partial charge in [-0.05, 0) is 42.4 Å². The van der Waals surface area contributed by atoms with Crippen molar-refractivity contribution in [1.29, 1.82) is 0 Å². The maximum Gasteiger partial charge on any atom is 0.0594 e. The summed E-state index contributed by atoms with van der Waals surface area (Å²) in [7, 11) is 0. The highest BCUT2D eigenvalue weighted by Gasteiger charge is 2.41. The number of benzene rings is 1. The fourth-order valence-electron chi connectivity index (χ4n) is 3.89. The van der Waals surface area contributed by atoms with Crippen molar-refractivity contribution in [1.82, 2.24) is 4.90 Å². The number of rotatable bonds is 3. The van der Waals surface area contributed by atoms with Crippen LogP contribution in [0.25, 0.3) is 0 Å². The summed E-state index contributed by atoms with van der Waals surface area (Å²) in [6.07, 6.45) is 4.74. The summed E-state index contributed by atoms with van der Waals surface area (Å²) in [6.45, 7) is 6.63. The number of nitrogens with zero attached hydrogens (tertiary/aromatic N) is 1. The third-order valence-electron chi connectivity index (χ3n) is 5.07. The topological polar surface area (TPSA) is 38.5 Å². The number of fused-ring (bicyclic) bond motifs is 1. The summed E-state index contributed by atoms with van der Waals surface area (Å²) in [5.41, 5.74) is 10.8. The van der Waals surface area contributed by atoms with Gasteiger partial charge in [-0.2, -0.15) is 0 Å². The van der Waals surface area contributed by atoms with E-state index in [1.807, 2.05) is 0 Å². The van der Waals surface area contributed by atoms with Gasteiger partial charge >= 0.3 is 0 Å². The maximum atomic E-state index is 6.27. The molecule has 0 bridgehead atoms. The molecule has 0 amide bonds.